The lowest BCUT2D eigenvalue weighted by Gasteiger charge is -2.08. The van der Waals surface area contributed by atoms with Crippen LogP contribution in [0.4, 0.5) is 5.69 Å². The van der Waals surface area contributed by atoms with Crippen molar-refractivity contribution in [2.75, 3.05) is 12.4 Å². The van der Waals surface area contributed by atoms with Crippen molar-refractivity contribution in [2.45, 2.75) is 20.0 Å². The minimum Gasteiger partial charge on any atom is -0.497 e. The van der Waals surface area contributed by atoms with Crippen molar-refractivity contribution in [1.82, 2.24) is 4.98 Å². The number of nitrogens with zero attached hydrogens (tertiary/aromatic N) is 2. The third kappa shape index (κ3) is 5.25. The first-order valence-electron chi connectivity index (χ1n) is 9.28. The van der Waals surface area contributed by atoms with Crippen molar-refractivity contribution in [1.29, 1.82) is 5.26 Å². The molecule has 0 unspecified atom stereocenters. The number of esters is 1. The van der Waals surface area contributed by atoms with Crippen LogP contribution in [0.15, 0.2) is 60.1 Å². The van der Waals surface area contributed by atoms with E-state index in [1.807, 2.05) is 29.6 Å². The zero-order chi connectivity index (χ0) is 21.5. The molecule has 1 heterocycles. The van der Waals surface area contributed by atoms with Crippen molar-refractivity contribution >= 4 is 28.6 Å². The first-order chi connectivity index (χ1) is 14.5. The molecule has 0 radical (unpaired) electrons. The SMILES string of the molecule is COc1ccc(-c2csc(/C(C#N)=C/Nc3ccc(C(=O)OC(C)C)cc3)n2)cc1. The normalized spacial score (nSPS) is 11.1. The standard InChI is InChI=1S/C23H21N3O3S/c1-15(2)29-23(27)17-4-8-19(9-5-17)25-13-18(12-24)22-26-21(14-30-22)16-6-10-20(28-3)11-7-16/h4-11,13-15,25H,1-3H3/b18-13+. The minimum atomic E-state index is -0.362. The number of nitrogens with one attached hydrogen (secondary N) is 1. The van der Waals surface area contributed by atoms with Crippen molar-refractivity contribution in [2.24, 2.45) is 0 Å². The summed E-state index contributed by atoms with van der Waals surface area (Å²) in [7, 11) is 1.62. The van der Waals surface area contributed by atoms with Crippen LogP contribution in [-0.2, 0) is 4.74 Å². The molecule has 0 fully saturated rings. The summed E-state index contributed by atoms with van der Waals surface area (Å²) in [4.78, 5) is 16.5. The third-order valence-corrected chi connectivity index (χ3v) is 4.96. The molecule has 0 aliphatic carbocycles. The predicted octanol–water partition coefficient (Wildman–Crippen LogP) is 5.36. The van der Waals surface area contributed by atoms with E-state index < -0.39 is 0 Å². The molecule has 1 N–H and O–H groups in total. The molecule has 3 aromatic rings. The first kappa shape index (κ1) is 21.1. The van der Waals surface area contributed by atoms with Gasteiger partial charge in [-0.05, 0) is 62.4 Å². The molecular weight excluding hydrogens is 398 g/mol. The molecule has 0 amide bonds. The highest BCUT2D eigenvalue weighted by Crippen LogP contribution is 2.27. The lowest BCUT2D eigenvalue weighted by atomic mass is 10.2. The Morgan fingerprint density at radius 2 is 1.87 bits per heavy atom. The maximum atomic E-state index is 11.9. The van der Waals surface area contributed by atoms with Crippen LogP contribution in [0.1, 0.15) is 29.2 Å². The maximum Gasteiger partial charge on any atom is 0.338 e. The topological polar surface area (TPSA) is 84.2 Å². The van der Waals surface area contributed by atoms with Gasteiger partial charge in [0.05, 0.1) is 24.5 Å². The van der Waals surface area contributed by atoms with E-state index in [9.17, 15) is 10.1 Å². The number of nitriles is 1. The Morgan fingerprint density at radius 1 is 1.17 bits per heavy atom. The molecule has 3 rings (SSSR count). The van der Waals surface area contributed by atoms with Gasteiger partial charge in [-0.3, -0.25) is 0 Å². The Labute approximate surface area is 179 Å². The highest BCUT2D eigenvalue weighted by Gasteiger charge is 2.10. The van der Waals surface area contributed by atoms with Crippen LogP contribution >= 0.6 is 11.3 Å². The summed E-state index contributed by atoms with van der Waals surface area (Å²) in [5.74, 6) is 0.415. The van der Waals surface area contributed by atoms with Gasteiger partial charge < -0.3 is 14.8 Å². The van der Waals surface area contributed by atoms with Gasteiger partial charge in [-0.25, -0.2) is 9.78 Å². The Hall–Kier alpha value is -3.63. The fraction of sp³-hybridized carbons (Fsp3) is 0.174. The highest BCUT2D eigenvalue weighted by atomic mass is 32.1. The number of rotatable bonds is 7. The Morgan fingerprint density at radius 3 is 2.47 bits per heavy atom. The number of carbonyl (C=O) groups excluding carboxylic acids is 1. The lowest BCUT2D eigenvalue weighted by molar-refractivity contribution is 0.0378. The van der Waals surface area contributed by atoms with E-state index in [1.54, 1.807) is 51.4 Å². The van der Waals surface area contributed by atoms with E-state index in [0.29, 0.717) is 16.1 Å². The van der Waals surface area contributed by atoms with Gasteiger partial charge in [0, 0.05) is 22.8 Å². The number of allylic oxidation sites excluding steroid dienone is 1. The average molecular weight is 420 g/mol. The highest BCUT2D eigenvalue weighted by molar-refractivity contribution is 7.11. The smallest absolute Gasteiger partial charge is 0.338 e. The fourth-order valence-electron chi connectivity index (χ4n) is 2.57. The maximum absolute atomic E-state index is 11.9. The summed E-state index contributed by atoms with van der Waals surface area (Å²) in [6.45, 7) is 3.61. The molecule has 0 saturated heterocycles. The molecule has 0 spiro atoms. The summed E-state index contributed by atoms with van der Waals surface area (Å²) in [5, 5.41) is 15.1. The molecule has 1 aromatic heterocycles. The van der Waals surface area contributed by atoms with Gasteiger partial charge in [0.25, 0.3) is 0 Å². The van der Waals surface area contributed by atoms with Crippen molar-refractivity contribution in [3.63, 3.8) is 0 Å². The van der Waals surface area contributed by atoms with Crippen molar-refractivity contribution in [3.05, 3.63) is 70.7 Å². The number of hydrogen-bond donors (Lipinski definition) is 1. The second-order valence-electron chi connectivity index (χ2n) is 6.61. The Balaban J connectivity index is 1.71. The lowest BCUT2D eigenvalue weighted by Crippen LogP contribution is -2.11. The molecule has 0 saturated carbocycles. The van der Waals surface area contributed by atoms with Gasteiger partial charge in [0.15, 0.2) is 0 Å². The van der Waals surface area contributed by atoms with Crippen LogP contribution in [0, 0.1) is 11.3 Å². The average Bonchev–Trinajstić information content (AvgIpc) is 3.24. The summed E-state index contributed by atoms with van der Waals surface area (Å²) in [6.07, 6.45) is 1.44. The molecule has 7 heteroatoms. The number of thiazole rings is 1. The number of benzene rings is 2. The van der Waals surface area contributed by atoms with E-state index in [-0.39, 0.29) is 12.1 Å². The van der Waals surface area contributed by atoms with E-state index in [2.05, 4.69) is 16.4 Å². The first-order valence-corrected chi connectivity index (χ1v) is 10.2. The number of carbonyl (C=O) groups is 1. The summed E-state index contributed by atoms with van der Waals surface area (Å²) >= 11 is 1.40. The van der Waals surface area contributed by atoms with Crippen LogP contribution < -0.4 is 10.1 Å². The summed E-state index contributed by atoms with van der Waals surface area (Å²) in [5.41, 5.74) is 3.39. The van der Waals surface area contributed by atoms with E-state index in [4.69, 9.17) is 9.47 Å². The number of methoxy groups -OCH3 is 1. The van der Waals surface area contributed by atoms with Gasteiger partial charge in [0.1, 0.15) is 22.4 Å². The molecule has 2 aromatic carbocycles. The van der Waals surface area contributed by atoms with Gasteiger partial charge in [-0.15, -0.1) is 11.3 Å². The molecular formula is C23H21N3O3S. The molecule has 152 valence electrons. The number of ether oxygens (including phenoxy) is 2. The van der Waals surface area contributed by atoms with Crippen LogP contribution in [0.2, 0.25) is 0 Å². The van der Waals surface area contributed by atoms with Crippen LogP contribution in [0.3, 0.4) is 0 Å². The van der Waals surface area contributed by atoms with E-state index in [0.717, 1.165) is 22.7 Å². The van der Waals surface area contributed by atoms with Gasteiger partial charge in [-0.1, -0.05) is 0 Å². The third-order valence-electron chi connectivity index (χ3n) is 4.09. The van der Waals surface area contributed by atoms with Crippen molar-refractivity contribution in [3.8, 4) is 23.1 Å². The Kier molecular flexibility index (Phi) is 6.83. The zero-order valence-electron chi connectivity index (χ0n) is 16.9. The van der Waals surface area contributed by atoms with Gasteiger partial charge >= 0.3 is 5.97 Å². The second-order valence-corrected chi connectivity index (χ2v) is 7.47. The van der Waals surface area contributed by atoms with Crippen LogP contribution in [0.5, 0.6) is 5.75 Å². The predicted molar refractivity (Wildman–Crippen MR) is 118 cm³/mol. The minimum absolute atomic E-state index is 0.169. The molecule has 0 atom stereocenters. The number of hydrogen-bond acceptors (Lipinski definition) is 7. The molecule has 0 bridgehead atoms. The van der Waals surface area contributed by atoms with Gasteiger partial charge in [-0.2, -0.15) is 5.26 Å². The van der Waals surface area contributed by atoms with Crippen molar-refractivity contribution < 1.29 is 14.3 Å². The fourth-order valence-corrected chi connectivity index (χ4v) is 3.37. The molecule has 0 aliphatic rings. The zero-order valence-corrected chi connectivity index (χ0v) is 17.7. The second kappa shape index (κ2) is 9.72. The largest absolute Gasteiger partial charge is 0.497 e. The molecule has 0 aliphatic heterocycles. The number of anilines is 1. The monoisotopic (exact) mass is 419 g/mol. The van der Waals surface area contributed by atoms with Crippen LogP contribution in [-0.4, -0.2) is 24.2 Å². The Bertz CT molecular complexity index is 1080. The number of aromatic nitrogens is 1. The van der Waals surface area contributed by atoms with E-state index >= 15 is 0 Å². The molecule has 6 nitrogen and oxygen atoms in total. The van der Waals surface area contributed by atoms with Gasteiger partial charge in [0.2, 0.25) is 0 Å². The van der Waals surface area contributed by atoms with Crippen LogP contribution in [0.25, 0.3) is 16.8 Å². The molecule has 30 heavy (non-hydrogen) atoms. The van der Waals surface area contributed by atoms with E-state index in [1.165, 1.54) is 11.3 Å². The summed E-state index contributed by atoms with van der Waals surface area (Å²) in [6, 6.07) is 16.6. The quantitative estimate of drug-likeness (QED) is 0.410. The summed E-state index contributed by atoms with van der Waals surface area (Å²) < 4.78 is 10.3.